The summed E-state index contributed by atoms with van der Waals surface area (Å²) in [7, 11) is 0. The maximum Gasteiger partial charge on any atom is 0.199 e. The molecule has 0 fully saturated rings. The second kappa shape index (κ2) is 3.82. The molecule has 0 aliphatic carbocycles. The van der Waals surface area contributed by atoms with Crippen LogP contribution in [-0.2, 0) is 3.24 Å². The highest BCUT2D eigenvalue weighted by Crippen LogP contribution is 2.41. The van der Waals surface area contributed by atoms with Gasteiger partial charge in [-0.25, -0.2) is 4.39 Å². The Hall–Kier alpha value is 0.690. The van der Waals surface area contributed by atoms with Crippen LogP contribution in [0.2, 0.25) is 0 Å². The highest BCUT2D eigenvalue weighted by Gasteiger charge is 2.25. The molecule has 1 aromatic carbocycles. The first-order chi connectivity index (χ1) is 5.41. The SMILES string of the molecule is Fc1cc(Br)ccc1C(Cl)(Cl)Br. The van der Waals surface area contributed by atoms with Crippen molar-refractivity contribution in [3.05, 3.63) is 34.1 Å². The van der Waals surface area contributed by atoms with Crippen LogP contribution in [0.15, 0.2) is 22.7 Å². The van der Waals surface area contributed by atoms with E-state index in [-0.39, 0.29) is 5.56 Å². The van der Waals surface area contributed by atoms with Crippen LogP contribution in [0, 0.1) is 5.82 Å². The first-order valence-corrected chi connectivity index (χ1v) is 5.27. The fraction of sp³-hybridized carbons (Fsp3) is 0.143. The Morgan fingerprint density at radius 3 is 2.33 bits per heavy atom. The van der Waals surface area contributed by atoms with E-state index in [9.17, 15) is 4.39 Å². The predicted octanol–water partition coefficient (Wildman–Crippen LogP) is 4.57. The molecule has 0 unspecified atom stereocenters. The third-order valence-corrected chi connectivity index (χ3v) is 2.56. The van der Waals surface area contributed by atoms with Crippen LogP contribution in [0.1, 0.15) is 5.56 Å². The smallest absolute Gasteiger partial charge is 0.199 e. The number of hydrogen-bond donors (Lipinski definition) is 0. The molecule has 0 N–H and O–H groups in total. The summed E-state index contributed by atoms with van der Waals surface area (Å²) in [6.07, 6.45) is 0. The Kier molecular flexibility index (Phi) is 3.43. The molecule has 66 valence electrons. The molecule has 0 atom stereocenters. The normalized spacial score (nSPS) is 11.8. The quantitative estimate of drug-likeness (QED) is 0.659. The highest BCUT2D eigenvalue weighted by molar-refractivity contribution is 9.10. The molecule has 0 saturated heterocycles. The van der Waals surface area contributed by atoms with Crippen LogP contribution in [0.5, 0.6) is 0 Å². The van der Waals surface area contributed by atoms with Gasteiger partial charge in [-0.15, -0.1) is 0 Å². The van der Waals surface area contributed by atoms with Crippen molar-refractivity contribution in [3.63, 3.8) is 0 Å². The molecule has 0 aromatic heterocycles. The van der Waals surface area contributed by atoms with Crippen molar-refractivity contribution in [3.8, 4) is 0 Å². The van der Waals surface area contributed by atoms with Gasteiger partial charge in [0.1, 0.15) is 5.82 Å². The summed E-state index contributed by atoms with van der Waals surface area (Å²) < 4.78 is 12.4. The molecule has 0 aliphatic rings. The Morgan fingerprint density at radius 1 is 1.33 bits per heavy atom. The van der Waals surface area contributed by atoms with E-state index < -0.39 is 9.06 Å². The van der Waals surface area contributed by atoms with Crippen molar-refractivity contribution in [1.29, 1.82) is 0 Å². The van der Waals surface area contributed by atoms with E-state index in [0.29, 0.717) is 4.47 Å². The fourth-order valence-electron chi connectivity index (χ4n) is 0.719. The number of alkyl halides is 3. The van der Waals surface area contributed by atoms with Crippen molar-refractivity contribution in [1.82, 2.24) is 0 Å². The molecule has 0 nitrogen and oxygen atoms in total. The van der Waals surface area contributed by atoms with Gasteiger partial charge in [0, 0.05) is 10.0 Å². The average Bonchev–Trinajstić information content (AvgIpc) is 1.83. The second-order valence-electron chi connectivity index (χ2n) is 2.12. The van der Waals surface area contributed by atoms with Crippen LogP contribution < -0.4 is 0 Å². The van der Waals surface area contributed by atoms with Gasteiger partial charge in [0.25, 0.3) is 0 Å². The van der Waals surface area contributed by atoms with E-state index in [4.69, 9.17) is 23.2 Å². The second-order valence-corrected chi connectivity index (χ2v) is 6.47. The summed E-state index contributed by atoms with van der Waals surface area (Å²) in [6.45, 7) is 0. The number of benzene rings is 1. The minimum absolute atomic E-state index is 0.203. The van der Waals surface area contributed by atoms with Gasteiger partial charge in [0.05, 0.1) is 0 Å². The third kappa shape index (κ3) is 2.59. The Balaban J connectivity index is 3.19. The Labute approximate surface area is 96.3 Å². The minimum Gasteiger partial charge on any atom is -0.207 e. The van der Waals surface area contributed by atoms with E-state index >= 15 is 0 Å². The minimum atomic E-state index is -1.36. The van der Waals surface area contributed by atoms with E-state index in [1.165, 1.54) is 12.1 Å². The molecule has 1 rings (SSSR count). The Bertz CT molecular complexity index is 296. The molecular formula is C7H3Br2Cl2F. The van der Waals surface area contributed by atoms with Crippen molar-refractivity contribution >= 4 is 55.1 Å². The van der Waals surface area contributed by atoms with Crippen LogP contribution in [-0.4, -0.2) is 0 Å². The van der Waals surface area contributed by atoms with Gasteiger partial charge in [0.2, 0.25) is 0 Å². The maximum absolute atomic E-state index is 13.1. The zero-order chi connectivity index (χ0) is 9.35. The molecule has 5 heteroatoms. The first-order valence-electron chi connectivity index (χ1n) is 2.93. The summed E-state index contributed by atoms with van der Waals surface area (Å²) in [4.78, 5) is 0. The van der Waals surface area contributed by atoms with Gasteiger partial charge in [0.15, 0.2) is 3.24 Å². The monoisotopic (exact) mass is 334 g/mol. The molecule has 1 aromatic rings. The van der Waals surface area contributed by atoms with Crippen LogP contribution >= 0.6 is 55.1 Å². The standard InChI is InChI=1S/C7H3Br2Cl2F/c8-4-1-2-5(6(12)3-4)7(9,10)11/h1-3H. The van der Waals surface area contributed by atoms with Crippen LogP contribution in [0.3, 0.4) is 0 Å². The van der Waals surface area contributed by atoms with Gasteiger partial charge >= 0.3 is 0 Å². The van der Waals surface area contributed by atoms with Gasteiger partial charge in [-0.05, 0) is 28.1 Å². The highest BCUT2D eigenvalue weighted by atomic mass is 79.9. The molecule has 12 heavy (non-hydrogen) atoms. The molecule has 0 heterocycles. The zero-order valence-electron chi connectivity index (χ0n) is 5.62. The lowest BCUT2D eigenvalue weighted by molar-refractivity contribution is 0.613. The van der Waals surface area contributed by atoms with Gasteiger partial charge in [-0.3, -0.25) is 0 Å². The zero-order valence-corrected chi connectivity index (χ0v) is 10.3. The summed E-state index contributed by atoms with van der Waals surface area (Å²) in [5, 5.41) is 0. The largest absolute Gasteiger partial charge is 0.207 e. The first kappa shape index (κ1) is 10.8. The van der Waals surface area contributed by atoms with Crippen molar-refractivity contribution in [2.24, 2.45) is 0 Å². The van der Waals surface area contributed by atoms with Crippen LogP contribution in [0.25, 0.3) is 0 Å². The molecule has 0 amide bonds. The van der Waals surface area contributed by atoms with Crippen molar-refractivity contribution in [2.45, 2.75) is 3.24 Å². The molecular weight excluding hydrogens is 334 g/mol. The molecule has 0 saturated carbocycles. The molecule has 0 spiro atoms. The van der Waals surface area contributed by atoms with E-state index in [0.717, 1.165) is 0 Å². The van der Waals surface area contributed by atoms with E-state index in [1.54, 1.807) is 6.07 Å². The Morgan fingerprint density at radius 2 is 1.92 bits per heavy atom. The third-order valence-electron chi connectivity index (χ3n) is 1.24. The molecule has 0 aliphatic heterocycles. The maximum atomic E-state index is 13.1. The summed E-state index contributed by atoms with van der Waals surface area (Å²) in [5.74, 6) is -0.453. The summed E-state index contributed by atoms with van der Waals surface area (Å²) >= 11 is 17.3. The lowest BCUT2D eigenvalue weighted by atomic mass is 10.2. The van der Waals surface area contributed by atoms with Gasteiger partial charge in [-0.1, -0.05) is 45.2 Å². The van der Waals surface area contributed by atoms with Gasteiger partial charge < -0.3 is 0 Å². The lowest BCUT2D eigenvalue weighted by Crippen LogP contribution is -2.02. The van der Waals surface area contributed by atoms with E-state index in [2.05, 4.69) is 31.9 Å². The number of rotatable bonds is 1. The van der Waals surface area contributed by atoms with Crippen molar-refractivity contribution in [2.75, 3.05) is 0 Å². The number of halogens is 5. The molecule has 0 radical (unpaired) electrons. The average molecular weight is 337 g/mol. The van der Waals surface area contributed by atoms with Crippen molar-refractivity contribution < 1.29 is 4.39 Å². The van der Waals surface area contributed by atoms with Crippen LogP contribution in [0.4, 0.5) is 4.39 Å². The molecule has 0 bridgehead atoms. The van der Waals surface area contributed by atoms with E-state index in [1.807, 2.05) is 0 Å². The predicted molar refractivity (Wildman–Crippen MR) is 56.4 cm³/mol. The number of hydrogen-bond acceptors (Lipinski definition) is 0. The summed E-state index contributed by atoms with van der Waals surface area (Å²) in [5.41, 5.74) is 0.203. The lowest BCUT2D eigenvalue weighted by Gasteiger charge is -2.12. The topological polar surface area (TPSA) is 0 Å². The van der Waals surface area contributed by atoms with Gasteiger partial charge in [-0.2, -0.15) is 0 Å². The summed E-state index contributed by atoms with van der Waals surface area (Å²) in [6, 6.07) is 4.48. The fourth-order valence-corrected chi connectivity index (χ4v) is 1.68.